The maximum atomic E-state index is 6.14. The number of fused-ring (bicyclic) bond motifs is 2. The fourth-order valence-electron chi connectivity index (χ4n) is 2.59. The van der Waals surface area contributed by atoms with Crippen LogP contribution in [0.25, 0.3) is 0 Å². The SMILES string of the molecule is CNC(C)(C)[C@H]1OCC2(CC2)c2ccsc21. The number of nitrogens with one attached hydrogen (secondary N) is 1. The summed E-state index contributed by atoms with van der Waals surface area (Å²) in [5, 5.41) is 5.59. The summed E-state index contributed by atoms with van der Waals surface area (Å²) in [5.41, 5.74) is 1.98. The van der Waals surface area contributed by atoms with Crippen LogP contribution in [0.5, 0.6) is 0 Å². The monoisotopic (exact) mass is 237 g/mol. The molecule has 0 amide bonds. The van der Waals surface area contributed by atoms with Crippen molar-refractivity contribution in [2.75, 3.05) is 13.7 Å². The van der Waals surface area contributed by atoms with E-state index in [1.54, 1.807) is 5.56 Å². The van der Waals surface area contributed by atoms with Crippen molar-refractivity contribution >= 4 is 11.3 Å². The second kappa shape index (κ2) is 3.31. The molecule has 1 saturated carbocycles. The summed E-state index contributed by atoms with van der Waals surface area (Å²) in [6, 6.07) is 2.31. The molecule has 1 aliphatic carbocycles. The third kappa shape index (κ3) is 1.38. The largest absolute Gasteiger partial charge is 0.370 e. The Labute approximate surface area is 101 Å². The lowest BCUT2D eigenvalue weighted by atomic mass is 9.86. The third-order valence-electron chi connectivity index (χ3n) is 4.18. The van der Waals surface area contributed by atoms with Gasteiger partial charge in [0, 0.05) is 15.8 Å². The highest BCUT2D eigenvalue weighted by Gasteiger charge is 2.52. The summed E-state index contributed by atoms with van der Waals surface area (Å²) in [6.07, 6.45) is 2.83. The van der Waals surface area contributed by atoms with E-state index in [0.29, 0.717) is 5.41 Å². The van der Waals surface area contributed by atoms with E-state index in [2.05, 4.69) is 30.6 Å². The van der Waals surface area contributed by atoms with Crippen molar-refractivity contribution in [3.63, 3.8) is 0 Å². The fourth-order valence-corrected chi connectivity index (χ4v) is 3.84. The van der Waals surface area contributed by atoms with E-state index in [1.807, 2.05) is 18.4 Å². The molecule has 0 radical (unpaired) electrons. The Morgan fingerprint density at radius 2 is 2.25 bits per heavy atom. The lowest BCUT2D eigenvalue weighted by molar-refractivity contribution is -0.0241. The summed E-state index contributed by atoms with van der Waals surface area (Å²) in [6.45, 7) is 5.34. The van der Waals surface area contributed by atoms with Gasteiger partial charge in [-0.2, -0.15) is 0 Å². The quantitative estimate of drug-likeness (QED) is 0.854. The zero-order valence-electron chi connectivity index (χ0n) is 10.2. The molecule has 2 heterocycles. The molecule has 1 aromatic rings. The highest BCUT2D eigenvalue weighted by atomic mass is 32.1. The van der Waals surface area contributed by atoms with Crippen LogP contribution in [-0.2, 0) is 10.2 Å². The van der Waals surface area contributed by atoms with Crippen molar-refractivity contribution < 1.29 is 4.74 Å². The van der Waals surface area contributed by atoms with Crippen molar-refractivity contribution in [2.45, 2.75) is 43.7 Å². The van der Waals surface area contributed by atoms with Crippen LogP contribution in [0.2, 0.25) is 0 Å². The van der Waals surface area contributed by atoms with Crippen molar-refractivity contribution in [3.05, 3.63) is 21.9 Å². The van der Waals surface area contributed by atoms with E-state index in [9.17, 15) is 0 Å². The molecule has 1 aromatic heterocycles. The number of hydrogen-bond acceptors (Lipinski definition) is 3. The van der Waals surface area contributed by atoms with Gasteiger partial charge in [0.15, 0.2) is 0 Å². The molecule has 2 aliphatic rings. The molecule has 1 aliphatic heterocycles. The van der Waals surface area contributed by atoms with Crippen LogP contribution in [-0.4, -0.2) is 19.2 Å². The predicted octanol–water partition coefficient (Wildman–Crippen LogP) is 2.85. The molecule has 1 fully saturated rings. The summed E-state index contributed by atoms with van der Waals surface area (Å²) >= 11 is 1.85. The Bertz CT molecular complexity index is 406. The van der Waals surface area contributed by atoms with Crippen LogP contribution in [0, 0.1) is 0 Å². The summed E-state index contributed by atoms with van der Waals surface area (Å²) in [7, 11) is 2.01. The Morgan fingerprint density at radius 1 is 1.50 bits per heavy atom. The van der Waals surface area contributed by atoms with E-state index >= 15 is 0 Å². The first-order valence-electron chi connectivity index (χ1n) is 5.97. The van der Waals surface area contributed by atoms with Crippen LogP contribution in [0.15, 0.2) is 11.4 Å². The molecule has 1 N–H and O–H groups in total. The molecule has 3 heteroatoms. The molecule has 3 rings (SSSR count). The molecule has 1 atom stereocenters. The van der Waals surface area contributed by atoms with Gasteiger partial charge in [-0.15, -0.1) is 11.3 Å². The maximum absolute atomic E-state index is 6.14. The highest BCUT2D eigenvalue weighted by Crippen LogP contribution is 2.56. The van der Waals surface area contributed by atoms with E-state index in [0.717, 1.165) is 6.61 Å². The van der Waals surface area contributed by atoms with E-state index in [4.69, 9.17) is 4.74 Å². The molecular formula is C13H19NOS. The van der Waals surface area contributed by atoms with Gasteiger partial charge in [-0.05, 0) is 50.7 Å². The van der Waals surface area contributed by atoms with E-state index in [1.165, 1.54) is 17.7 Å². The topological polar surface area (TPSA) is 21.3 Å². The summed E-state index contributed by atoms with van der Waals surface area (Å²) < 4.78 is 6.14. The Balaban J connectivity index is 2.01. The maximum Gasteiger partial charge on any atom is 0.109 e. The lowest BCUT2D eigenvalue weighted by Crippen LogP contribution is -2.46. The molecule has 2 nitrogen and oxygen atoms in total. The molecule has 1 spiro atoms. The normalized spacial score (nSPS) is 26.8. The molecule has 0 bridgehead atoms. The Morgan fingerprint density at radius 3 is 2.88 bits per heavy atom. The van der Waals surface area contributed by atoms with Gasteiger partial charge in [0.2, 0.25) is 0 Å². The van der Waals surface area contributed by atoms with E-state index in [-0.39, 0.29) is 11.6 Å². The van der Waals surface area contributed by atoms with Gasteiger partial charge in [0.05, 0.1) is 6.61 Å². The molecule has 0 saturated heterocycles. The number of thiophene rings is 1. The van der Waals surface area contributed by atoms with Crippen LogP contribution in [0.3, 0.4) is 0 Å². The molecule has 88 valence electrons. The van der Waals surface area contributed by atoms with Crippen molar-refractivity contribution in [2.24, 2.45) is 0 Å². The average molecular weight is 237 g/mol. The van der Waals surface area contributed by atoms with Gasteiger partial charge in [-0.1, -0.05) is 0 Å². The minimum absolute atomic E-state index is 0.0100. The second-order valence-corrected chi connectivity index (χ2v) is 6.59. The standard InChI is InChI=1S/C13H19NOS/c1-12(2,14-3)11-10-9(4-7-16-10)13(5-6-13)8-15-11/h4,7,11,14H,5-6,8H2,1-3H3/t11-/m0/s1. The fraction of sp³-hybridized carbons (Fsp3) is 0.692. The molecular weight excluding hydrogens is 218 g/mol. The summed E-state index contributed by atoms with van der Waals surface area (Å²) in [4.78, 5) is 1.45. The highest BCUT2D eigenvalue weighted by molar-refractivity contribution is 7.10. The van der Waals surface area contributed by atoms with Crippen LogP contribution < -0.4 is 5.32 Å². The number of hydrogen-bond donors (Lipinski definition) is 1. The first kappa shape index (κ1) is 10.8. The van der Waals surface area contributed by atoms with Crippen LogP contribution >= 0.6 is 11.3 Å². The zero-order chi connectivity index (χ0) is 11.4. The van der Waals surface area contributed by atoms with Crippen molar-refractivity contribution in [1.82, 2.24) is 5.32 Å². The molecule has 0 aromatic carbocycles. The third-order valence-corrected chi connectivity index (χ3v) is 5.14. The minimum atomic E-state index is 0.0100. The van der Waals surface area contributed by atoms with Crippen molar-refractivity contribution in [1.29, 1.82) is 0 Å². The zero-order valence-corrected chi connectivity index (χ0v) is 11.0. The summed E-state index contributed by atoms with van der Waals surface area (Å²) in [5.74, 6) is 0. The minimum Gasteiger partial charge on any atom is -0.370 e. The average Bonchev–Trinajstić information content (AvgIpc) is 2.86. The van der Waals surface area contributed by atoms with Gasteiger partial charge in [0.25, 0.3) is 0 Å². The number of likely N-dealkylation sites (N-methyl/N-ethyl adjacent to an activating group) is 1. The molecule has 0 unspecified atom stereocenters. The van der Waals surface area contributed by atoms with Gasteiger partial charge in [-0.25, -0.2) is 0 Å². The van der Waals surface area contributed by atoms with Gasteiger partial charge >= 0.3 is 0 Å². The number of ether oxygens (including phenoxy) is 1. The first-order valence-corrected chi connectivity index (χ1v) is 6.85. The first-order chi connectivity index (χ1) is 7.59. The Hall–Kier alpha value is -0.380. The smallest absolute Gasteiger partial charge is 0.109 e. The van der Waals surface area contributed by atoms with Crippen molar-refractivity contribution in [3.8, 4) is 0 Å². The van der Waals surface area contributed by atoms with Gasteiger partial charge < -0.3 is 10.1 Å². The molecule has 16 heavy (non-hydrogen) atoms. The second-order valence-electron chi connectivity index (χ2n) is 5.64. The predicted molar refractivity (Wildman–Crippen MR) is 67.1 cm³/mol. The number of rotatable bonds is 2. The Kier molecular flexibility index (Phi) is 2.23. The van der Waals surface area contributed by atoms with Crippen LogP contribution in [0.4, 0.5) is 0 Å². The lowest BCUT2D eigenvalue weighted by Gasteiger charge is -2.39. The van der Waals surface area contributed by atoms with Gasteiger partial charge in [0.1, 0.15) is 6.10 Å². The van der Waals surface area contributed by atoms with Crippen LogP contribution in [0.1, 0.15) is 43.2 Å². The van der Waals surface area contributed by atoms with Gasteiger partial charge in [-0.3, -0.25) is 0 Å². The van der Waals surface area contributed by atoms with E-state index < -0.39 is 0 Å².